The highest BCUT2D eigenvalue weighted by Crippen LogP contribution is 2.21. The van der Waals surface area contributed by atoms with E-state index in [1.807, 2.05) is 6.92 Å². The molecular formula is C16H16F2N4O2. The molecule has 1 fully saturated rings. The summed E-state index contributed by atoms with van der Waals surface area (Å²) in [4.78, 5) is 13.6. The number of urea groups is 1. The fraction of sp³-hybridized carbons (Fsp3) is 0.312. The Kier molecular flexibility index (Phi) is 4.54. The smallest absolute Gasteiger partial charge is 0.322 e. The summed E-state index contributed by atoms with van der Waals surface area (Å²) in [5.41, 5.74) is 0.331. The normalized spacial score (nSPS) is 17.0. The van der Waals surface area contributed by atoms with Gasteiger partial charge in [0.25, 0.3) is 0 Å². The minimum Gasteiger partial charge on any atom is -0.471 e. The molecule has 24 heavy (non-hydrogen) atoms. The van der Waals surface area contributed by atoms with Gasteiger partial charge >= 0.3 is 6.03 Å². The van der Waals surface area contributed by atoms with Crippen LogP contribution < -0.4 is 10.1 Å². The molecule has 1 unspecified atom stereocenters. The number of anilines is 1. The molecule has 1 saturated heterocycles. The number of hydrogen-bond acceptors (Lipinski definition) is 4. The number of ether oxygens (including phenoxy) is 1. The van der Waals surface area contributed by atoms with Crippen molar-refractivity contribution in [3.63, 3.8) is 0 Å². The highest BCUT2D eigenvalue weighted by atomic mass is 19.1. The van der Waals surface area contributed by atoms with Crippen LogP contribution in [-0.2, 0) is 0 Å². The van der Waals surface area contributed by atoms with Crippen LogP contribution in [-0.4, -0.2) is 40.3 Å². The van der Waals surface area contributed by atoms with Crippen molar-refractivity contribution in [3.8, 4) is 5.88 Å². The minimum atomic E-state index is -0.815. The molecule has 6 nitrogen and oxygen atoms in total. The lowest BCUT2D eigenvalue weighted by Gasteiger charge is -2.18. The Balaban J connectivity index is 1.59. The van der Waals surface area contributed by atoms with Crippen molar-refractivity contribution in [2.75, 3.05) is 18.4 Å². The predicted molar refractivity (Wildman–Crippen MR) is 82.8 cm³/mol. The van der Waals surface area contributed by atoms with Crippen molar-refractivity contribution >= 4 is 11.7 Å². The van der Waals surface area contributed by atoms with Crippen LogP contribution in [0.1, 0.15) is 12.1 Å². The van der Waals surface area contributed by atoms with Crippen molar-refractivity contribution in [3.05, 3.63) is 47.7 Å². The number of carbonyl (C=O) groups excluding carboxylic acids is 1. The fourth-order valence-corrected chi connectivity index (χ4v) is 2.43. The third-order valence-electron chi connectivity index (χ3n) is 3.69. The largest absolute Gasteiger partial charge is 0.471 e. The Bertz CT molecular complexity index is 719. The zero-order valence-corrected chi connectivity index (χ0v) is 13.0. The van der Waals surface area contributed by atoms with Crippen LogP contribution in [0.25, 0.3) is 0 Å². The Labute approximate surface area is 137 Å². The predicted octanol–water partition coefficient (Wildman–Crippen LogP) is 2.75. The molecule has 2 aromatic rings. The molecule has 1 aliphatic heterocycles. The first-order valence-corrected chi connectivity index (χ1v) is 7.50. The molecule has 1 N–H and O–H groups in total. The van der Waals surface area contributed by atoms with E-state index in [9.17, 15) is 13.6 Å². The molecule has 0 bridgehead atoms. The van der Waals surface area contributed by atoms with Gasteiger partial charge in [-0.15, -0.1) is 5.10 Å². The molecule has 1 aliphatic rings. The summed E-state index contributed by atoms with van der Waals surface area (Å²) in [6.07, 6.45) is 0.362. The van der Waals surface area contributed by atoms with Crippen molar-refractivity contribution in [2.24, 2.45) is 0 Å². The van der Waals surface area contributed by atoms with Gasteiger partial charge in [0, 0.05) is 19.0 Å². The van der Waals surface area contributed by atoms with E-state index in [0.29, 0.717) is 25.4 Å². The molecule has 0 spiro atoms. The van der Waals surface area contributed by atoms with Gasteiger partial charge in [-0.1, -0.05) is 6.07 Å². The summed E-state index contributed by atoms with van der Waals surface area (Å²) < 4.78 is 32.8. The summed E-state index contributed by atoms with van der Waals surface area (Å²) in [5, 5.41) is 10.1. The maximum absolute atomic E-state index is 13.6. The molecule has 0 aliphatic carbocycles. The molecule has 1 aromatic heterocycles. The third kappa shape index (κ3) is 3.58. The van der Waals surface area contributed by atoms with Crippen LogP contribution in [0.3, 0.4) is 0 Å². The average molecular weight is 334 g/mol. The Morgan fingerprint density at radius 1 is 1.25 bits per heavy atom. The van der Waals surface area contributed by atoms with Gasteiger partial charge in [-0.25, -0.2) is 13.6 Å². The number of carbonyl (C=O) groups is 1. The standard InChI is InChI=1S/C16H16F2N4O2/c1-10-5-6-14(21-20-10)24-11-7-8-22(9-11)16(23)19-15-12(17)3-2-4-13(15)18/h2-6,11H,7-9H2,1H3,(H,19,23). The van der Waals surface area contributed by atoms with Gasteiger partial charge in [-0.2, -0.15) is 5.10 Å². The Hall–Kier alpha value is -2.77. The highest BCUT2D eigenvalue weighted by molar-refractivity contribution is 5.89. The second-order valence-electron chi connectivity index (χ2n) is 5.51. The van der Waals surface area contributed by atoms with Gasteiger partial charge in [0.1, 0.15) is 23.4 Å². The number of nitrogens with one attached hydrogen (secondary N) is 1. The van der Waals surface area contributed by atoms with Crippen LogP contribution in [0.4, 0.5) is 19.3 Å². The van der Waals surface area contributed by atoms with E-state index in [1.54, 1.807) is 12.1 Å². The second kappa shape index (κ2) is 6.77. The number of hydrogen-bond donors (Lipinski definition) is 1. The number of likely N-dealkylation sites (tertiary alicyclic amines) is 1. The fourth-order valence-electron chi connectivity index (χ4n) is 2.43. The van der Waals surface area contributed by atoms with Crippen molar-refractivity contribution in [2.45, 2.75) is 19.4 Å². The first-order chi connectivity index (χ1) is 11.5. The van der Waals surface area contributed by atoms with Crippen molar-refractivity contribution < 1.29 is 18.3 Å². The zero-order valence-electron chi connectivity index (χ0n) is 13.0. The van der Waals surface area contributed by atoms with Crippen LogP contribution in [0.5, 0.6) is 5.88 Å². The molecule has 8 heteroatoms. The third-order valence-corrected chi connectivity index (χ3v) is 3.69. The molecule has 126 valence electrons. The van der Waals surface area contributed by atoms with E-state index in [2.05, 4.69) is 15.5 Å². The number of aromatic nitrogens is 2. The molecule has 1 atom stereocenters. The number of halogens is 2. The van der Waals surface area contributed by atoms with Gasteiger partial charge < -0.3 is 15.0 Å². The number of rotatable bonds is 3. The maximum Gasteiger partial charge on any atom is 0.322 e. The van der Waals surface area contributed by atoms with E-state index in [0.717, 1.165) is 17.8 Å². The highest BCUT2D eigenvalue weighted by Gasteiger charge is 2.28. The van der Waals surface area contributed by atoms with E-state index >= 15 is 0 Å². The minimum absolute atomic E-state index is 0.238. The maximum atomic E-state index is 13.6. The van der Waals surface area contributed by atoms with Gasteiger partial charge in [-0.05, 0) is 25.1 Å². The average Bonchev–Trinajstić information content (AvgIpc) is 3.02. The Morgan fingerprint density at radius 3 is 2.67 bits per heavy atom. The lowest BCUT2D eigenvalue weighted by molar-refractivity contribution is 0.188. The number of aryl methyl sites for hydroxylation is 1. The van der Waals surface area contributed by atoms with Gasteiger partial charge in [0.05, 0.1) is 12.2 Å². The molecule has 0 saturated carbocycles. The van der Waals surface area contributed by atoms with Crippen molar-refractivity contribution in [1.82, 2.24) is 15.1 Å². The molecule has 3 rings (SSSR count). The van der Waals surface area contributed by atoms with Gasteiger partial charge in [-0.3, -0.25) is 0 Å². The summed E-state index contributed by atoms with van der Waals surface area (Å²) in [5.74, 6) is -1.25. The van der Waals surface area contributed by atoms with E-state index in [1.165, 1.54) is 11.0 Å². The van der Waals surface area contributed by atoms with Crippen LogP contribution in [0.2, 0.25) is 0 Å². The second-order valence-corrected chi connectivity index (χ2v) is 5.51. The monoisotopic (exact) mass is 334 g/mol. The van der Waals surface area contributed by atoms with E-state index < -0.39 is 23.4 Å². The zero-order chi connectivity index (χ0) is 17.1. The van der Waals surface area contributed by atoms with Crippen molar-refractivity contribution in [1.29, 1.82) is 0 Å². The quantitative estimate of drug-likeness (QED) is 0.937. The van der Waals surface area contributed by atoms with E-state index in [-0.39, 0.29) is 6.10 Å². The van der Waals surface area contributed by atoms with Gasteiger partial charge in [0.2, 0.25) is 5.88 Å². The summed E-state index contributed by atoms with van der Waals surface area (Å²) >= 11 is 0. The SMILES string of the molecule is Cc1ccc(OC2CCN(C(=O)Nc3c(F)cccc3F)C2)nn1. The lowest BCUT2D eigenvalue weighted by atomic mass is 10.3. The van der Waals surface area contributed by atoms with E-state index in [4.69, 9.17) is 4.74 Å². The van der Waals surface area contributed by atoms with Crippen LogP contribution >= 0.6 is 0 Å². The molecule has 1 aromatic carbocycles. The molecule has 0 radical (unpaired) electrons. The van der Waals surface area contributed by atoms with Gasteiger partial charge in [0.15, 0.2) is 0 Å². The topological polar surface area (TPSA) is 67.3 Å². The number of amides is 2. The van der Waals surface area contributed by atoms with Crippen LogP contribution in [0.15, 0.2) is 30.3 Å². The summed E-state index contributed by atoms with van der Waals surface area (Å²) in [6.45, 7) is 2.55. The molecular weight excluding hydrogens is 318 g/mol. The molecule has 2 heterocycles. The number of para-hydroxylation sites is 1. The number of nitrogens with zero attached hydrogens (tertiary/aromatic N) is 3. The number of benzene rings is 1. The molecule has 2 amide bonds. The summed E-state index contributed by atoms with van der Waals surface area (Å²) in [7, 11) is 0. The first-order valence-electron chi connectivity index (χ1n) is 7.50. The first kappa shape index (κ1) is 16.1. The Morgan fingerprint density at radius 2 is 2.00 bits per heavy atom. The lowest BCUT2D eigenvalue weighted by Crippen LogP contribution is -2.35. The van der Waals surface area contributed by atoms with Crippen LogP contribution in [0, 0.1) is 18.6 Å². The summed E-state index contributed by atoms with van der Waals surface area (Å²) in [6, 6.07) is 6.33.